The van der Waals surface area contributed by atoms with E-state index in [1.54, 1.807) is 19.2 Å². The molecule has 0 saturated carbocycles. The van der Waals surface area contributed by atoms with Gasteiger partial charge in [-0.3, -0.25) is 0 Å². The van der Waals surface area contributed by atoms with Gasteiger partial charge in [0, 0.05) is 24.1 Å². The summed E-state index contributed by atoms with van der Waals surface area (Å²) in [5.74, 6) is 1.80. The third-order valence-electron chi connectivity index (χ3n) is 7.14. The standard InChI is InChI=1S/C33H36N4O6/c1-4-30(38)43-31-25(13-14-27(39-2)32(31)42-21-23-11-6-5-7-12-23)36-33-24-19-29(28(40-3)20-26(24)34-22-35-33)41-18-10-17-37-15-8-9-16-37/h4-7,11-14,19-20,22H,1,8-10,15-18,21H2,2-3H3,(H,34,35,36). The maximum absolute atomic E-state index is 12.4. The summed E-state index contributed by atoms with van der Waals surface area (Å²) in [4.78, 5) is 23.8. The molecule has 0 bridgehead atoms. The monoisotopic (exact) mass is 584 g/mol. The lowest BCUT2D eigenvalue weighted by Gasteiger charge is -2.19. The second kappa shape index (κ2) is 14.4. The first-order valence-electron chi connectivity index (χ1n) is 14.3. The van der Waals surface area contributed by atoms with E-state index in [0.717, 1.165) is 37.7 Å². The number of methoxy groups -OCH3 is 2. The molecule has 0 amide bonds. The van der Waals surface area contributed by atoms with Crippen LogP contribution in [0.2, 0.25) is 0 Å². The topological polar surface area (TPSA) is 104 Å². The van der Waals surface area contributed by atoms with Crippen LogP contribution in [-0.4, -0.2) is 61.3 Å². The van der Waals surface area contributed by atoms with Crippen LogP contribution in [0.4, 0.5) is 11.5 Å². The minimum absolute atomic E-state index is 0.138. The predicted molar refractivity (Wildman–Crippen MR) is 165 cm³/mol. The maximum Gasteiger partial charge on any atom is 0.335 e. The molecule has 1 aliphatic heterocycles. The molecule has 0 atom stereocenters. The molecule has 1 fully saturated rings. The lowest BCUT2D eigenvalue weighted by molar-refractivity contribution is -0.129. The quantitative estimate of drug-likeness (QED) is 0.0831. The Morgan fingerprint density at radius 3 is 2.49 bits per heavy atom. The Hall–Kier alpha value is -4.83. The number of carbonyl (C=O) groups is 1. The molecular weight excluding hydrogens is 548 g/mol. The molecule has 1 N–H and O–H groups in total. The lowest BCUT2D eigenvalue weighted by atomic mass is 10.2. The Balaban J connectivity index is 1.45. The molecule has 3 aromatic carbocycles. The number of carbonyl (C=O) groups excluding carboxylic acids is 1. The zero-order valence-corrected chi connectivity index (χ0v) is 24.5. The van der Waals surface area contributed by atoms with Crippen molar-refractivity contribution in [3.05, 3.63) is 79.1 Å². The summed E-state index contributed by atoms with van der Waals surface area (Å²) < 4.78 is 29.2. The third kappa shape index (κ3) is 7.34. The van der Waals surface area contributed by atoms with Crippen molar-refractivity contribution in [1.29, 1.82) is 0 Å². The van der Waals surface area contributed by atoms with Crippen molar-refractivity contribution in [3.63, 3.8) is 0 Å². The molecule has 0 spiro atoms. The van der Waals surface area contributed by atoms with Crippen molar-refractivity contribution in [2.75, 3.05) is 45.8 Å². The van der Waals surface area contributed by atoms with Gasteiger partial charge in [-0.2, -0.15) is 0 Å². The smallest absolute Gasteiger partial charge is 0.335 e. The van der Waals surface area contributed by atoms with E-state index in [4.69, 9.17) is 23.7 Å². The van der Waals surface area contributed by atoms with Crippen LogP contribution in [-0.2, 0) is 11.4 Å². The van der Waals surface area contributed by atoms with Crippen LogP contribution in [0.25, 0.3) is 10.9 Å². The fraction of sp³-hybridized carbons (Fsp3) is 0.303. The highest BCUT2D eigenvalue weighted by Gasteiger charge is 2.22. The number of benzene rings is 3. The first kappa shape index (κ1) is 29.7. The molecule has 5 rings (SSSR count). The van der Waals surface area contributed by atoms with E-state index in [9.17, 15) is 4.79 Å². The molecule has 1 saturated heterocycles. The zero-order chi connectivity index (χ0) is 30.0. The van der Waals surface area contributed by atoms with Crippen LogP contribution in [0, 0.1) is 0 Å². The summed E-state index contributed by atoms with van der Waals surface area (Å²) in [5.41, 5.74) is 2.02. The number of nitrogens with zero attached hydrogens (tertiary/aromatic N) is 3. The Bertz CT molecular complexity index is 1560. The molecule has 10 heteroatoms. The molecule has 43 heavy (non-hydrogen) atoms. The van der Waals surface area contributed by atoms with Crippen molar-refractivity contribution in [3.8, 4) is 28.7 Å². The summed E-state index contributed by atoms with van der Waals surface area (Å²) in [6, 6.07) is 16.8. The summed E-state index contributed by atoms with van der Waals surface area (Å²) in [6.45, 7) is 7.63. The first-order valence-corrected chi connectivity index (χ1v) is 14.3. The van der Waals surface area contributed by atoms with Crippen LogP contribution in [0.3, 0.4) is 0 Å². The van der Waals surface area contributed by atoms with Crippen LogP contribution >= 0.6 is 0 Å². The van der Waals surface area contributed by atoms with Crippen molar-refractivity contribution in [1.82, 2.24) is 14.9 Å². The number of ether oxygens (including phenoxy) is 5. The number of rotatable bonds is 14. The Labute approximate surface area is 251 Å². The van der Waals surface area contributed by atoms with Gasteiger partial charge in [-0.1, -0.05) is 36.9 Å². The zero-order valence-electron chi connectivity index (χ0n) is 24.5. The van der Waals surface area contributed by atoms with Gasteiger partial charge in [0.2, 0.25) is 5.75 Å². The molecule has 4 aromatic rings. The summed E-state index contributed by atoms with van der Waals surface area (Å²) in [7, 11) is 3.13. The number of fused-ring (bicyclic) bond motifs is 1. The third-order valence-corrected chi connectivity index (χ3v) is 7.14. The van der Waals surface area contributed by atoms with Crippen LogP contribution in [0.15, 0.2) is 73.6 Å². The van der Waals surface area contributed by atoms with Gasteiger partial charge in [0.15, 0.2) is 23.0 Å². The van der Waals surface area contributed by atoms with E-state index in [1.807, 2.05) is 42.5 Å². The number of nitrogens with one attached hydrogen (secondary N) is 1. The minimum Gasteiger partial charge on any atom is -0.493 e. The molecule has 1 aliphatic rings. The number of likely N-dealkylation sites (tertiary alicyclic amines) is 1. The average molecular weight is 585 g/mol. The molecule has 0 unspecified atom stereocenters. The van der Waals surface area contributed by atoms with Gasteiger partial charge < -0.3 is 33.9 Å². The molecule has 0 radical (unpaired) electrons. The van der Waals surface area contributed by atoms with Crippen molar-refractivity contribution >= 4 is 28.4 Å². The number of hydrogen-bond acceptors (Lipinski definition) is 10. The summed E-state index contributed by atoms with van der Waals surface area (Å²) in [5, 5.41) is 4.00. The molecule has 10 nitrogen and oxygen atoms in total. The summed E-state index contributed by atoms with van der Waals surface area (Å²) in [6.07, 6.45) is 5.97. The predicted octanol–water partition coefficient (Wildman–Crippen LogP) is 5.93. The van der Waals surface area contributed by atoms with E-state index in [1.165, 1.54) is 26.3 Å². The van der Waals surface area contributed by atoms with Gasteiger partial charge >= 0.3 is 5.97 Å². The van der Waals surface area contributed by atoms with Crippen LogP contribution in [0.1, 0.15) is 24.8 Å². The van der Waals surface area contributed by atoms with Crippen molar-refractivity contribution in [2.24, 2.45) is 0 Å². The molecular formula is C33H36N4O6. The molecule has 2 heterocycles. The van der Waals surface area contributed by atoms with Gasteiger partial charge in [-0.05, 0) is 56.1 Å². The Morgan fingerprint density at radius 2 is 1.74 bits per heavy atom. The highest BCUT2D eigenvalue weighted by molar-refractivity contribution is 5.94. The average Bonchev–Trinajstić information content (AvgIpc) is 3.57. The molecule has 224 valence electrons. The van der Waals surface area contributed by atoms with E-state index >= 15 is 0 Å². The number of aromatic nitrogens is 2. The minimum atomic E-state index is -0.650. The van der Waals surface area contributed by atoms with E-state index in [0.29, 0.717) is 46.3 Å². The first-order chi connectivity index (χ1) is 21.1. The van der Waals surface area contributed by atoms with Crippen LogP contribution in [0.5, 0.6) is 28.7 Å². The van der Waals surface area contributed by atoms with Crippen LogP contribution < -0.4 is 29.0 Å². The van der Waals surface area contributed by atoms with Gasteiger partial charge in [-0.15, -0.1) is 0 Å². The second-order valence-electron chi connectivity index (χ2n) is 9.99. The SMILES string of the molecule is C=CC(=O)Oc1c(Nc2ncnc3cc(OC)c(OCCCN4CCCC4)cc23)ccc(OC)c1OCc1ccccc1. The molecule has 0 aliphatic carbocycles. The van der Waals surface area contributed by atoms with Gasteiger partial charge in [0.1, 0.15) is 18.8 Å². The fourth-order valence-electron chi connectivity index (χ4n) is 4.95. The van der Waals surface area contributed by atoms with Crippen molar-refractivity contribution < 1.29 is 28.5 Å². The maximum atomic E-state index is 12.4. The van der Waals surface area contributed by atoms with E-state index in [2.05, 4.69) is 26.8 Å². The number of hydrogen-bond donors (Lipinski definition) is 1. The van der Waals surface area contributed by atoms with Gasteiger partial charge in [-0.25, -0.2) is 14.8 Å². The fourth-order valence-corrected chi connectivity index (χ4v) is 4.95. The van der Waals surface area contributed by atoms with Gasteiger partial charge in [0.25, 0.3) is 0 Å². The van der Waals surface area contributed by atoms with Gasteiger partial charge in [0.05, 0.1) is 32.0 Å². The Morgan fingerprint density at radius 1 is 0.953 bits per heavy atom. The normalized spacial score (nSPS) is 13.0. The van der Waals surface area contributed by atoms with E-state index in [-0.39, 0.29) is 18.1 Å². The highest BCUT2D eigenvalue weighted by atomic mass is 16.6. The second-order valence-corrected chi connectivity index (χ2v) is 9.99. The summed E-state index contributed by atoms with van der Waals surface area (Å²) >= 11 is 0. The largest absolute Gasteiger partial charge is 0.493 e. The number of anilines is 2. The Kier molecular flexibility index (Phi) is 9.91. The lowest BCUT2D eigenvalue weighted by Crippen LogP contribution is -2.21. The van der Waals surface area contributed by atoms with Crippen molar-refractivity contribution in [2.45, 2.75) is 25.9 Å². The van der Waals surface area contributed by atoms with E-state index < -0.39 is 5.97 Å². The molecule has 1 aromatic heterocycles. The number of esters is 1. The highest BCUT2D eigenvalue weighted by Crippen LogP contribution is 2.45.